The molecule has 1 fully saturated rings. The third-order valence-corrected chi connectivity index (χ3v) is 6.61. The van der Waals surface area contributed by atoms with Gasteiger partial charge in [-0.15, -0.1) is 0 Å². The van der Waals surface area contributed by atoms with Gasteiger partial charge in [0.1, 0.15) is 17.0 Å². The van der Waals surface area contributed by atoms with Gasteiger partial charge < -0.3 is 14.7 Å². The standard InChI is InChI=1S/C27H27N5O4/c1-18-10-13-30(14-11-18)21-8-6-19(15-22(21)32(34)35)17-28-27-26(29-25-5-3-4-12-31(25)27)20-7-9-23(33)24(16-20)36-2/h3-9,12,15-18,33H,10-11,13-14H2,1-2H3. The smallest absolute Gasteiger partial charge is 0.293 e. The van der Waals surface area contributed by atoms with E-state index in [0.717, 1.165) is 31.5 Å². The summed E-state index contributed by atoms with van der Waals surface area (Å²) >= 11 is 0. The summed E-state index contributed by atoms with van der Waals surface area (Å²) in [6, 6.07) is 15.9. The van der Waals surface area contributed by atoms with Crippen molar-refractivity contribution in [2.24, 2.45) is 10.9 Å². The second-order valence-electron chi connectivity index (χ2n) is 9.03. The summed E-state index contributed by atoms with van der Waals surface area (Å²) in [5, 5.41) is 21.9. The fourth-order valence-corrected chi connectivity index (χ4v) is 4.54. The number of benzene rings is 2. The Hall–Kier alpha value is -4.40. The summed E-state index contributed by atoms with van der Waals surface area (Å²) in [7, 11) is 1.49. The molecule has 184 valence electrons. The predicted molar refractivity (Wildman–Crippen MR) is 140 cm³/mol. The Balaban J connectivity index is 1.54. The number of hydrogen-bond acceptors (Lipinski definition) is 7. The van der Waals surface area contributed by atoms with E-state index in [2.05, 4.69) is 11.8 Å². The minimum absolute atomic E-state index is 0.0330. The summed E-state index contributed by atoms with van der Waals surface area (Å²) in [4.78, 5) is 23.1. The molecule has 1 aliphatic heterocycles. The monoisotopic (exact) mass is 485 g/mol. The van der Waals surface area contributed by atoms with Gasteiger partial charge >= 0.3 is 0 Å². The lowest BCUT2D eigenvalue weighted by atomic mass is 9.98. The van der Waals surface area contributed by atoms with Crippen LogP contribution in [0.4, 0.5) is 17.2 Å². The van der Waals surface area contributed by atoms with Crippen molar-refractivity contribution in [2.45, 2.75) is 19.8 Å². The largest absolute Gasteiger partial charge is 0.504 e. The van der Waals surface area contributed by atoms with Crippen molar-refractivity contribution in [3.63, 3.8) is 0 Å². The average Bonchev–Trinajstić information content (AvgIpc) is 3.26. The number of rotatable bonds is 6. The number of nitro groups is 1. The number of phenolic OH excluding ortho intramolecular Hbond substituents is 1. The maximum absolute atomic E-state index is 11.9. The van der Waals surface area contributed by atoms with Crippen LogP contribution in [0.3, 0.4) is 0 Å². The number of nitro benzene ring substituents is 1. The minimum Gasteiger partial charge on any atom is -0.504 e. The van der Waals surface area contributed by atoms with Crippen LogP contribution in [-0.4, -0.2) is 45.8 Å². The summed E-state index contributed by atoms with van der Waals surface area (Å²) in [5.74, 6) is 1.57. The van der Waals surface area contributed by atoms with Crippen LogP contribution in [0, 0.1) is 16.0 Å². The number of pyridine rings is 1. The van der Waals surface area contributed by atoms with Crippen molar-refractivity contribution in [1.82, 2.24) is 9.38 Å². The Morgan fingerprint density at radius 3 is 2.72 bits per heavy atom. The minimum atomic E-state index is -0.326. The van der Waals surface area contributed by atoms with Crippen molar-refractivity contribution < 1.29 is 14.8 Å². The molecule has 36 heavy (non-hydrogen) atoms. The van der Waals surface area contributed by atoms with E-state index in [4.69, 9.17) is 14.7 Å². The van der Waals surface area contributed by atoms with Crippen molar-refractivity contribution in [3.8, 4) is 22.8 Å². The van der Waals surface area contributed by atoms with Gasteiger partial charge in [-0.05, 0) is 60.7 Å². The third-order valence-electron chi connectivity index (χ3n) is 6.61. The zero-order valence-electron chi connectivity index (χ0n) is 20.2. The number of piperidine rings is 1. The first-order chi connectivity index (χ1) is 17.4. The molecule has 0 amide bonds. The maximum Gasteiger partial charge on any atom is 0.293 e. The molecule has 1 saturated heterocycles. The van der Waals surface area contributed by atoms with Crippen LogP contribution in [-0.2, 0) is 0 Å². The molecule has 0 aliphatic carbocycles. The van der Waals surface area contributed by atoms with E-state index in [1.807, 2.05) is 40.9 Å². The quantitative estimate of drug-likeness (QED) is 0.216. The Kier molecular flexibility index (Phi) is 6.28. The molecule has 2 aromatic heterocycles. The van der Waals surface area contributed by atoms with Crippen molar-refractivity contribution >= 4 is 29.1 Å². The number of nitrogens with zero attached hydrogens (tertiary/aromatic N) is 5. The second-order valence-corrected chi connectivity index (χ2v) is 9.03. The normalized spacial score (nSPS) is 14.6. The van der Waals surface area contributed by atoms with Gasteiger partial charge in [0.05, 0.1) is 12.0 Å². The molecule has 0 unspecified atom stereocenters. The lowest BCUT2D eigenvalue weighted by Gasteiger charge is -2.31. The maximum atomic E-state index is 11.9. The number of imidazole rings is 1. The molecule has 9 nitrogen and oxygen atoms in total. The highest BCUT2D eigenvalue weighted by molar-refractivity contribution is 5.87. The molecular weight excluding hydrogens is 458 g/mol. The molecule has 3 heterocycles. The summed E-state index contributed by atoms with van der Waals surface area (Å²) in [5.41, 5.74) is 3.37. The third kappa shape index (κ3) is 4.47. The van der Waals surface area contributed by atoms with Crippen molar-refractivity contribution in [1.29, 1.82) is 0 Å². The fraction of sp³-hybridized carbons (Fsp3) is 0.259. The van der Waals surface area contributed by atoms with Gasteiger partial charge in [0.15, 0.2) is 17.3 Å². The van der Waals surface area contributed by atoms with E-state index in [0.29, 0.717) is 40.1 Å². The average molecular weight is 486 g/mol. The van der Waals surface area contributed by atoms with Gasteiger partial charge in [0.25, 0.3) is 5.69 Å². The number of anilines is 1. The molecule has 4 aromatic rings. The van der Waals surface area contributed by atoms with Crippen LogP contribution in [0.15, 0.2) is 65.8 Å². The second kappa shape index (κ2) is 9.69. The SMILES string of the molecule is COc1cc(-c2nc3ccccn3c2N=Cc2ccc(N3CCC(C)CC3)c([N+](=O)[O-])c2)ccc1O. The van der Waals surface area contributed by atoms with Gasteiger partial charge in [0, 0.05) is 37.1 Å². The van der Waals surface area contributed by atoms with Crippen LogP contribution in [0.1, 0.15) is 25.3 Å². The molecule has 1 aliphatic rings. The van der Waals surface area contributed by atoms with Gasteiger partial charge in [-0.25, -0.2) is 9.98 Å². The first-order valence-corrected chi connectivity index (χ1v) is 11.9. The van der Waals surface area contributed by atoms with Gasteiger partial charge in [-0.1, -0.05) is 19.1 Å². The predicted octanol–water partition coefficient (Wildman–Crippen LogP) is 5.61. The Bertz CT molecular complexity index is 1450. The lowest BCUT2D eigenvalue weighted by Crippen LogP contribution is -2.33. The van der Waals surface area contributed by atoms with Crippen molar-refractivity contribution in [3.05, 3.63) is 76.5 Å². The molecule has 1 N–H and O–H groups in total. The van der Waals surface area contributed by atoms with Crippen LogP contribution >= 0.6 is 0 Å². The number of ether oxygens (including phenoxy) is 1. The van der Waals surface area contributed by atoms with E-state index >= 15 is 0 Å². The van der Waals surface area contributed by atoms with Crippen LogP contribution < -0.4 is 9.64 Å². The Morgan fingerprint density at radius 1 is 1.17 bits per heavy atom. The van der Waals surface area contributed by atoms with Crippen LogP contribution in [0.5, 0.6) is 11.5 Å². The number of hydrogen-bond donors (Lipinski definition) is 1. The summed E-state index contributed by atoms with van der Waals surface area (Å²) < 4.78 is 7.11. The number of phenols is 1. The summed E-state index contributed by atoms with van der Waals surface area (Å²) in [6.45, 7) is 3.85. The van der Waals surface area contributed by atoms with E-state index in [1.165, 1.54) is 7.11 Å². The molecule has 5 rings (SSSR count). The Labute approximate surface area is 208 Å². The van der Waals surface area contributed by atoms with Gasteiger partial charge in [-0.2, -0.15) is 0 Å². The van der Waals surface area contributed by atoms with E-state index in [1.54, 1.807) is 30.5 Å². The molecule has 0 spiro atoms. The number of aromatic hydroxyl groups is 1. The van der Waals surface area contributed by atoms with Gasteiger partial charge in [-0.3, -0.25) is 14.5 Å². The van der Waals surface area contributed by atoms with Gasteiger partial charge in [0.2, 0.25) is 0 Å². The number of fused-ring (bicyclic) bond motifs is 1. The molecule has 0 saturated carbocycles. The summed E-state index contributed by atoms with van der Waals surface area (Å²) in [6.07, 6.45) is 5.53. The number of methoxy groups -OCH3 is 1. The molecular formula is C27H27N5O4. The molecule has 0 bridgehead atoms. The number of aromatic nitrogens is 2. The topological polar surface area (TPSA) is 106 Å². The molecule has 9 heteroatoms. The van der Waals surface area contributed by atoms with Crippen molar-refractivity contribution in [2.75, 3.05) is 25.1 Å². The Morgan fingerprint density at radius 2 is 1.97 bits per heavy atom. The first kappa shape index (κ1) is 23.3. The molecule has 2 aromatic carbocycles. The zero-order chi connectivity index (χ0) is 25.2. The molecule has 0 radical (unpaired) electrons. The van der Waals surface area contributed by atoms with Crippen LogP contribution in [0.2, 0.25) is 0 Å². The van der Waals surface area contributed by atoms with E-state index in [-0.39, 0.29) is 16.4 Å². The fourth-order valence-electron chi connectivity index (χ4n) is 4.54. The highest BCUT2D eigenvalue weighted by Gasteiger charge is 2.23. The van der Waals surface area contributed by atoms with Crippen LogP contribution in [0.25, 0.3) is 16.9 Å². The van der Waals surface area contributed by atoms with E-state index in [9.17, 15) is 15.2 Å². The number of aliphatic imine (C=N–C) groups is 1. The lowest BCUT2D eigenvalue weighted by molar-refractivity contribution is -0.384. The zero-order valence-corrected chi connectivity index (χ0v) is 20.2. The molecule has 0 atom stereocenters. The first-order valence-electron chi connectivity index (χ1n) is 11.9. The highest BCUT2D eigenvalue weighted by Crippen LogP contribution is 2.37. The van der Waals surface area contributed by atoms with E-state index < -0.39 is 0 Å². The highest BCUT2D eigenvalue weighted by atomic mass is 16.6.